The lowest BCUT2D eigenvalue weighted by molar-refractivity contribution is 0.0923. The van der Waals surface area contributed by atoms with E-state index in [0.29, 0.717) is 54.6 Å². The van der Waals surface area contributed by atoms with Gasteiger partial charge in [-0.1, -0.05) is 6.07 Å². The summed E-state index contributed by atoms with van der Waals surface area (Å²) >= 11 is 0. The third-order valence-corrected chi connectivity index (χ3v) is 6.26. The van der Waals surface area contributed by atoms with Crippen molar-refractivity contribution >= 4 is 28.5 Å². The van der Waals surface area contributed by atoms with Crippen LogP contribution in [0.2, 0.25) is 0 Å². The van der Waals surface area contributed by atoms with E-state index < -0.39 is 0 Å². The third-order valence-electron chi connectivity index (χ3n) is 6.26. The Morgan fingerprint density at radius 2 is 1.85 bits per heavy atom. The number of rotatable bonds is 5. The van der Waals surface area contributed by atoms with Gasteiger partial charge in [0.05, 0.1) is 13.7 Å². The van der Waals surface area contributed by atoms with Gasteiger partial charge in [0.15, 0.2) is 0 Å². The fraction of sp³-hybridized carbons (Fsp3) is 0.346. The first-order valence-corrected chi connectivity index (χ1v) is 11.4. The van der Waals surface area contributed by atoms with Gasteiger partial charge in [-0.3, -0.25) is 9.59 Å². The van der Waals surface area contributed by atoms with Crippen molar-refractivity contribution < 1.29 is 19.1 Å². The minimum absolute atomic E-state index is 0.00287. The van der Waals surface area contributed by atoms with Gasteiger partial charge in [0.25, 0.3) is 11.5 Å². The highest BCUT2D eigenvalue weighted by molar-refractivity contribution is 6.09. The monoisotopic (exact) mass is 463 g/mol. The number of anilines is 1. The molecule has 178 valence electrons. The molecule has 0 saturated carbocycles. The number of methoxy groups -OCH3 is 1. The Morgan fingerprint density at radius 3 is 2.53 bits per heavy atom. The number of aryl methyl sites for hydroxylation is 1. The average Bonchev–Trinajstić information content (AvgIpc) is 2.85. The van der Waals surface area contributed by atoms with Crippen molar-refractivity contribution in [3.63, 3.8) is 0 Å². The highest BCUT2D eigenvalue weighted by Gasteiger charge is 2.25. The fourth-order valence-electron chi connectivity index (χ4n) is 4.44. The Balaban J connectivity index is 1.55. The summed E-state index contributed by atoms with van der Waals surface area (Å²) in [5.41, 5.74) is 1.85. The van der Waals surface area contributed by atoms with Gasteiger partial charge >= 0.3 is 6.09 Å². The number of likely N-dealkylation sites (tertiary alicyclic amines) is 1. The van der Waals surface area contributed by atoms with Gasteiger partial charge < -0.3 is 24.3 Å². The largest absolute Gasteiger partial charge is 0.496 e. The van der Waals surface area contributed by atoms with Crippen LogP contribution in [0, 0.1) is 6.92 Å². The molecule has 1 saturated heterocycles. The number of nitrogens with one attached hydrogen (secondary N) is 1. The molecule has 1 fully saturated rings. The number of fused-ring (bicyclic) bond motifs is 1. The number of carbonyl (C=O) groups excluding carboxylic acids is 2. The van der Waals surface area contributed by atoms with E-state index in [0.717, 1.165) is 11.3 Å². The maximum Gasteiger partial charge on any atom is 0.409 e. The van der Waals surface area contributed by atoms with Gasteiger partial charge in [0.2, 0.25) is 0 Å². The van der Waals surface area contributed by atoms with Crippen molar-refractivity contribution in [2.75, 3.05) is 32.1 Å². The summed E-state index contributed by atoms with van der Waals surface area (Å²) in [6, 6.07) is 12.4. The van der Waals surface area contributed by atoms with Crippen molar-refractivity contribution in [1.29, 1.82) is 0 Å². The van der Waals surface area contributed by atoms with E-state index in [2.05, 4.69) is 5.32 Å². The van der Waals surface area contributed by atoms with Crippen LogP contribution in [0.5, 0.6) is 5.75 Å². The molecule has 8 heteroatoms. The maximum atomic E-state index is 13.3. The van der Waals surface area contributed by atoms with Crippen molar-refractivity contribution in [2.45, 2.75) is 32.7 Å². The van der Waals surface area contributed by atoms with Crippen LogP contribution in [0.25, 0.3) is 10.8 Å². The number of aromatic nitrogens is 1. The molecule has 3 aromatic rings. The van der Waals surface area contributed by atoms with Gasteiger partial charge in [0, 0.05) is 47.4 Å². The molecular weight excluding hydrogens is 434 g/mol. The van der Waals surface area contributed by atoms with Crippen LogP contribution in [0.1, 0.15) is 41.7 Å². The molecule has 1 aliphatic heterocycles. The zero-order chi connectivity index (χ0) is 24.2. The van der Waals surface area contributed by atoms with Crippen LogP contribution >= 0.6 is 0 Å². The van der Waals surface area contributed by atoms with Gasteiger partial charge in [-0.15, -0.1) is 0 Å². The van der Waals surface area contributed by atoms with E-state index >= 15 is 0 Å². The van der Waals surface area contributed by atoms with E-state index in [9.17, 15) is 14.4 Å². The number of hydrogen-bond acceptors (Lipinski definition) is 5. The molecule has 1 aliphatic rings. The molecule has 0 unspecified atom stereocenters. The second kappa shape index (κ2) is 9.99. The molecule has 2 amide bonds. The quantitative estimate of drug-likeness (QED) is 0.607. The number of hydrogen-bond donors (Lipinski definition) is 1. The lowest BCUT2D eigenvalue weighted by atomic mass is 10.0. The second-order valence-corrected chi connectivity index (χ2v) is 8.35. The Kier molecular flexibility index (Phi) is 6.86. The first-order chi connectivity index (χ1) is 16.4. The van der Waals surface area contributed by atoms with Crippen molar-refractivity contribution in [1.82, 2.24) is 9.47 Å². The number of carbonyl (C=O) groups is 2. The molecule has 0 atom stereocenters. The lowest BCUT2D eigenvalue weighted by Gasteiger charge is -2.32. The topological polar surface area (TPSA) is 89.9 Å². The van der Waals surface area contributed by atoms with Gasteiger partial charge in [-0.25, -0.2) is 4.79 Å². The number of benzene rings is 2. The summed E-state index contributed by atoms with van der Waals surface area (Å²) in [6.45, 7) is 5.11. The van der Waals surface area contributed by atoms with Crippen LogP contribution in [0.4, 0.5) is 10.5 Å². The number of ether oxygens (including phenoxy) is 2. The zero-order valence-corrected chi connectivity index (χ0v) is 19.7. The van der Waals surface area contributed by atoms with E-state index in [4.69, 9.17) is 9.47 Å². The van der Waals surface area contributed by atoms with Crippen LogP contribution in [-0.2, 0) is 4.74 Å². The van der Waals surface area contributed by atoms with Gasteiger partial charge in [-0.05, 0) is 68.7 Å². The van der Waals surface area contributed by atoms with Crippen LogP contribution in [0.15, 0.2) is 53.5 Å². The molecule has 1 aromatic heterocycles. The van der Waals surface area contributed by atoms with Gasteiger partial charge in [0.1, 0.15) is 5.75 Å². The molecule has 8 nitrogen and oxygen atoms in total. The molecule has 34 heavy (non-hydrogen) atoms. The van der Waals surface area contributed by atoms with Crippen LogP contribution in [-0.4, -0.2) is 48.3 Å². The average molecular weight is 464 g/mol. The second-order valence-electron chi connectivity index (χ2n) is 8.35. The summed E-state index contributed by atoms with van der Waals surface area (Å²) in [4.78, 5) is 39.8. The highest BCUT2D eigenvalue weighted by Crippen LogP contribution is 2.26. The predicted molar refractivity (Wildman–Crippen MR) is 131 cm³/mol. The summed E-state index contributed by atoms with van der Waals surface area (Å²) in [6.07, 6.45) is 2.83. The molecule has 4 rings (SSSR count). The van der Waals surface area contributed by atoms with E-state index in [1.54, 1.807) is 66.1 Å². The summed E-state index contributed by atoms with van der Waals surface area (Å²) < 4.78 is 12.1. The fourth-order valence-corrected chi connectivity index (χ4v) is 4.44. The molecule has 0 radical (unpaired) electrons. The first kappa shape index (κ1) is 23.4. The van der Waals surface area contributed by atoms with E-state index in [1.807, 2.05) is 13.0 Å². The van der Waals surface area contributed by atoms with Crippen molar-refractivity contribution in [2.24, 2.45) is 0 Å². The standard InChI is InChI=1S/C26H29N3O5/c1-4-34-26(32)28-13-10-19(11-14-28)29-15-12-20-21(25(29)31)6-5-7-22(20)27-24(30)18-8-9-23(33-3)17(2)16-18/h5-9,12,15-16,19H,4,10-11,13-14H2,1-3H3,(H,27,30). The Bertz CT molecular complexity index is 1280. The molecule has 0 bridgehead atoms. The number of piperidine rings is 1. The Labute approximate surface area is 198 Å². The van der Waals surface area contributed by atoms with Crippen LogP contribution < -0.4 is 15.6 Å². The lowest BCUT2D eigenvalue weighted by Crippen LogP contribution is -2.41. The van der Waals surface area contributed by atoms with E-state index in [1.165, 1.54) is 0 Å². The normalized spacial score (nSPS) is 14.1. The van der Waals surface area contributed by atoms with Crippen LogP contribution in [0.3, 0.4) is 0 Å². The minimum atomic E-state index is -0.306. The third kappa shape index (κ3) is 4.62. The van der Waals surface area contributed by atoms with Gasteiger partial charge in [-0.2, -0.15) is 0 Å². The smallest absolute Gasteiger partial charge is 0.409 e. The zero-order valence-electron chi connectivity index (χ0n) is 19.7. The summed E-state index contributed by atoms with van der Waals surface area (Å²) in [5.74, 6) is 0.462. The van der Waals surface area contributed by atoms with E-state index in [-0.39, 0.29) is 23.6 Å². The Hall–Kier alpha value is -3.81. The predicted octanol–water partition coefficient (Wildman–Crippen LogP) is 4.36. The Morgan fingerprint density at radius 1 is 1.09 bits per heavy atom. The molecular formula is C26H29N3O5. The summed E-state index contributed by atoms with van der Waals surface area (Å²) in [7, 11) is 1.59. The molecule has 0 spiro atoms. The van der Waals surface area contributed by atoms with Crippen molar-refractivity contribution in [3.05, 3.63) is 70.1 Å². The number of pyridine rings is 1. The first-order valence-electron chi connectivity index (χ1n) is 11.4. The molecule has 2 aromatic carbocycles. The molecule has 1 N–H and O–H groups in total. The minimum Gasteiger partial charge on any atom is -0.496 e. The molecule has 0 aliphatic carbocycles. The molecule has 2 heterocycles. The maximum absolute atomic E-state index is 13.3. The highest BCUT2D eigenvalue weighted by atomic mass is 16.6. The SMILES string of the molecule is CCOC(=O)N1CCC(n2ccc3c(NC(=O)c4ccc(OC)c(C)c4)cccc3c2=O)CC1. The summed E-state index contributed by atoms with van der Waals surface area (Å²) in [5, 5.41) is 4.16. The van der Waals surface area contributed by atoms with Crippen molar-refractivity contribution in [3.8, 4) is 5.75 Å². The number of nitrogens with zero attached hydrogens (tertiary/aromatic N) is 2. The number of amides is 2.